The van der Waals surface area contributed by atoms with E-state index in [1.807, 2.05) is 24.3 Å². The Morgan fingerprint density at radius 2 is 1.71 bits per heavy atom. The van der Waals surface area contributed by atoms with E-state index in [1.54, 1.807) is 0 Å². The van der Waals surface area contributed by atoms with E-state index in [0.717, 1.165) is 24.0 Å². The van der Waals surface area contributed by atoms with Gasteiger partial charge >= 0.3 is 5.97 Å². The van der Waals surface area contributed by atoms with Crippen LogP contribution in [0.2, 0.25) is 0 Å². The van der Waals surface area contributed by atoms with Crippen molar-refractivity contribution >= 4 is 5.97 Å². The third-order valence-electron chi connectivity index (χ3n) is 3.89. The lowest BCUT2D eigenvalue weighted by molar-refractivity contribution is -0.140. The van der Waals surface area contributed by atoms with Crippen LogP contribution in [0, 0.1) is 0 Å². The van der Waals surface area contributed by atoms with Gasteiger partial charge in [0.1, 0.15) is 0 Å². The van der Waals surface area contributed by atoms with Gasteiger partial charge in [0.25, 0.3) is 0 Å². The number of aliphatic carboxylic acids is 1. The fourth-order valence-electron chi connectivity index (χ4n) is 2.36. The van der Waals surface area contributed by atoms with Gasteiger partial charge in [-0.1, -0.05) is 24.3 Å². The Labute approximate surface area is 99.4 Å². The monoisotopic (exact) mass is 233 g/mol. The molecule has 1 aromatic rings. The van der Waals surface area contributed by atoms with E-state index in [-0.39, 0.29) is 5.54 Å². The third kappa shape index (κ3) is 1.48. The molecule has 3 N–H and O–H groups in total. The van der Waals surface area contributed by atoms with Crippen LogP contribution < -0.4 is 5.73 Å². The van der Waals surface area contributed by atoms with Gasteiger partial charge < -0.3 is 15.6 Å². The summed E-state index contributed by atoms with van der Waals surface area (Å²) in [7, 11) is 0. The molecule has 1 aliphatic carbocycles. The molecule has 0 amide bonds. The lowest BCUT2D eigenvalue weighted by Gasteiger charge is -2.38. The molecule has 4 nitrogen and oxygen atoms in total. The molecule has 1 saturated carbocycles. The molecule has 0 bridgehead atoms. The van der Waals surface area contributed by atoms with E-state index in [1.165, 1.54) is 0 Å². The molecule has 1 aliphatic heterocycles. The minimum Gasteiger partial charge on any atom is -0.481 e. The largest absolute Gasteiger partial charge is 0.481 e. The quantitative estimate of drug-likeness (QED) is 0.816. The number of carboxylic acid groups (broad SMARTS) is 1. The number of hydrogen-bond acceptors (Lipinski definition) is 3. The first-order valence-electron chi connectivity index (χ1n) is 5.78. The average molecular weight is 233 g/mol. The number of benzene rings is 1. The first-order chi connectivity index (χ1) is 8.07. The van der Waals surface area contributed by atoms with Gasteiger partial charge in [-0.2, -0.15) is 0 Å². The van der Waals surface area contributed by atoms with Crippen molar-refractivity contribution in [3.8, 4) is 0 Å². The van der Waals surface area contributed by atoms with E-state index in [2.05, 4.69) is 0 Å². The summed E-state index contributed by atoms with van der Waals surface area (Å²) in [4.78, 5) is 11.2. The van der Waals surface area contributed by atoms with Gasteiger partial charge in [-0.25, -0.2) is 0 Å². The van der Waals surface area contributed by atoms with Gasteiger partial charge in [0.2, 0.25) is 0 Å². The minimum absolute atomic E-state index is 0.377. The van der Waals surface area contributed by atoms with Crippen LogP contribution >= 0.6 is 0 Å². The van der Waals surface area contributed by atoms with Crippen molar-refractivity contribution < 1.29 is 14.6 Å². The standard InChI is InChI=1S/C13H15NO3/c14-13(7-17-8-13)10-3-1-9(2-4-10)12(5-6-12)11(15)16/h1-4H,5-8,14H2,(H,15,16). The highest BCUT2D eigenvalue weighted by Gasteiger charge is 2.51. The predicted octanol–water partition coefficient (Wildman–Crippen LogP) is 0.987. The van der Waals surface area contributed by atoms with Gasteiger partial charge in [0.05, 0.1) is 24.2 Å². The summed E-state index contributed by atoms with van der Waals surface area (Å²) >= 11 is 0. The minimum atomic E-state index is -0.723. The SMILES string of the molecule is NC1(c2ccc(C3(C(=O)O)CC3)cc2)COC1. The van der Waals surface area contributed by atoms with Crippen LogP contribution in [0.5, 0.6) is 0 Å². The molecule has 17 heavy (non-hydrogen) atoms. The van der Waals surface area contributed by atoms with Gasteiger partial charge in [-0.15, -0.1) is 0 Å². The molecule has 2 fully saturated rings. The Balaban J connectivity index is 1.88. The molecule has 3 rings (SSSR count). The number of ether oxygens (including phenoxy) is 1. The molecule has 0 aromatic heterocycles. The highest BCUT2D eigenvalue weighted by molar-refractivity contribution is 5.84. The third-order valence-corrected chi connectivity index (χ3v) is 3.89. The number of carboxylic acids is 1. The molecule has 0 atom stereocenters. The zero-order chi connectivity index (χ0) is 12.1. The van der Waals surface area contributed by atoms with E-state index in [9.17, 15) is 9.90 Å². The first kappa shape index (κ1) is 10.7. The summed E-state index contributed by atoms with van der Waals surface area (Å²) in [6.07, 6.45) is 1.47. The van der Waals surface area contributed by atoms with E-state index in [0.29, 0.717) is 13.2 Å². The highest BCUT2D eigenvalue weighted by atomic mass is 16.5. The fourth-order valence-corrected chi connectivity index (χ4v) is 2.36. The fraction of sp³-hybridized carbons (Fsp3) is 0.462. The Kier molecular flexibility index (Phi) is 2.09. The van der Waals surface area contributed by atoms with Crippen molar-refractivity contribution in [2.45, 2.75) is 23.8 Å². The maximum Gasteiger partial charge on any atom is 0.314 e. The summed E-state index contributed by atoms with van der Waals surface area (Å²) in [5.74, 6) is -0.723. The van der Waals surface area contributed by atoms with Crippen molar-refractivity contribution in [3.05, 3.63) is 35.4 Å². The molecule has 2 aliphatic rings. The molecule has 90 valence electrons. The predicted molar refractivity (Wildman–Crippen MR) is 61.7 cm³/mol. The normalized spacial score (nSPS) is 23.8. The van der Waals surface area contributed by atoms with Crippen molar-refractivity contribution in [2.24, 2.45) is 5.73 Å². The van der Waals surface area contributed by atoms with Crippen LogP contribution in [0.4, 0.5) is 0 Å². The van der Waals surface area contributed by atoms with Crippen molar-refractivity contribution in [1.82, 2.24) is 0 Å². The van der Waals surface area contributed by atoms with Gasteiger partial charge in [0.15, 0.2) is 0 Å². The van der Waals surface area contributed by atoms with Crippen LogP contribution in [0.15, 0.2) is 24.3 Å². The maximum atomic E-state index is 11.2. The van der Waals surface area contributed by atoms with Crippen LogP contribution in [-0.4, -0.2) is 24.3 Å². The van der Waals surface area contributed by atoms with Crippen LogP contribution in [0.3, 0.4) is 0 Å². The lowest BCUT2D eigenvalue weighted by Crippen LogP contribution is -2.54. The second-order valence-corrected chi connectivity index (χ2v) is 5.11. The van der Waals surface area contributed by atoms with E-state index < -0.39 is 11.4 Å². The Morgan fingerprint density at radius 3 is 2.06 bits per heavy atom. The van der Waals surface area contributed by atoms with Crippen molar-refractivity contribution in [3.63, 3.8) is 0 Å². The second-order valence-electron chi connectivity index (χ2n) is 5.11. The molecule has 0 spiro atoms. The van der Waals surface area contributed by atoms with Crippen LogP contribution in [0.25, 0.3) is 0 Å². The Hall–Kier alpha value is -1.39. The topological polar surface area (TPSA) is 72.6 Å². The molecule has 1 saturated heterocycles. The number of carbonyl (C=O) groups is 1. The van der Waals surface area contributed by atoms with Gasteiger partial charge in [-0.05, 0) is 24.0 Å². The Morgan fingerprint density at radius 1 is 1.18 bits per heavy atom. The molecule has 4 heteroatoms. The number of nitrogens with two attached hydrogens (primary N) is 1. The Bertz CT molecular complexity index is 458. The molecule has 1 heterocycles. The van der Waals surface area contributed by atoms with Gasteiger partial charge in [-0.3, -0.25) is 4.79 Å². The number of rotatable bonds is 3. The molecule has 1 aromatic carbocycles. The molecule has 0 unspecified atom stereocenters. The summed E-state index contributed by atoms with van der Waals surface area (Å²) in [5.41, 5.74) is 7.02. The van der Waals surface area contributed by atoms with Crippen molar-refractivity contribution in [2.75, 3.05) is 13.2 Å². The van der Waals surface area contributed by atoms with E-state index in [4.69, 9.17) is 10.5 Å². The molecular weight excluding hydrogens is 218 g/mol. The van der Waals surface area contributed by atoms with E-state index >= 15 is 0 Å². The summed E-state index contributed by atoms with van der Waals surface area (Å²) < 4.78 is 5.12. The summed E-state index contributed by atoms with van der Waals surface area (Å²) in [6.45, 7) is 1.08. The second kappa shape index (κ2) is 3.31. The van der Waals surface area contributed by atoms with Crippen LogP contribution in [0.1, 0.15) is 24.0 Å². The highest BCUT2D eigenvalue weighted by Crippen LogP contribution is 2.48. The average Bonchev–Trinajstić information content (AvgIpc) is 3.07. The lowest BCUT2D eigenvalue weighted by atomic mass is 9.86. The molecular formula is C13H15NO3. The smallest absolute Gasteiger partial charge is 0.314 e. The van der Waals surface area contributed by atoms with Crippen molar-refractivity contribution in [1.29, 1.82) is 0 Å². The van der Waals surface area contributed by atoms with Crippen LogP contribution in [-0.2, 0) is 20.5 Å². The van der Waals surface area contributed by atoms with Gasteiger partial charge in [0, 0.05) is 0 Å². The summed E-state index contributed by atoms with van der Waals surface area (Å²) in [6, 6.07) is 7.65. The first-order valence-corrected chi connectivity index (χ1v) is 5.78. The zero-order valence-corrected chi connectivity index (χ0v) is 9.48. The summed E-state index contributed by atoms with van der Waals surface area (Å²) in [5, 5.41) is 9.20. The molecule has 0 radical (unpaired) electrons. The zero-order valence-electron chi connectivity index (χ0n) is 9.48. The number of hydrogen-bond donors (Lipinski definition) is 2. The maximum absolute atomic E-state index is 11.2.